The number of hydrogen-bond donors (Lipinski definition) is 2. The van der Waals surface area contributed by atoms with E-state index in [0.29, 0.717) is 24.1 Å². The Morgan fingerprint density at radius 2 is 1.43 bits per heavy atom. The highest BCUT2D eigenvalue weighted by molar-refractivity contribution is 6.03. The van der Waals surface area contributed by atoms with Crippen molar-refractivity contribution >= 4 is 11.6 Å². The van der Waals surface area contributed by atoms with Gasteiger partial charge in [0, 0.05) is 5.69 Å². The third-order valence-corrected chi connectivity index (χ3v) is 5.56. The molecule has 3 aromatic carbocycles. The van der Waals surface area contributed by atoms with Gasteiger partial charge in [0.05, 0.1) is 18.1 Å². The molecule has 1 fully saturated rings. The molecule has 0 radical (unpaired) electrons. The fourth-order valence-electron chi connectivity index (χ4n) is 3.96. The number of nitrogens with zero attached hydrogens (tertiary/aromatic N) is 1. The summed E-state index contributed by atoms with van der Waals surface area (Å²) >= 11 is 0. The summed E-state index contributed by atoms with van der Waals surface area (Å²) in [6.45, 7) is 0. The van der Waals surface area contributed by atoms with Crippen LogP contribution in [0.25, 0.3) is 0 Å². The number of aliphatic hydroxyl groups excluding tert-OH is 1. The Morgan fingerprint density at radius 3 is 2.03 bits per heavy atom. The van der Waals surface area contributed by atoms with Gasteiger partial charge in [0.25, 0.3) is 0 Å². The second-order valence-corrected chi connectivity index (χ2v) is 7.47. The van der Waals surface area contributed by atoms with Crippen LogP contribution in [0, 0.1) is 17.6 Å². The first-order valence-electron chi connectivity index (χ1n) is 9.75. The molecular weight excluding hydrogens is 388 g/mol. The minimum absolute atomic E-state index is 0.106. The maximum absolute atomic E-state index is 13.3. The number of carbonyl (C=O) groups excluding carboxylic acids is 1. The van der Waals surface area contributed by atoms with Crippen molar-refractivity contribution in [3.8, 4) is 5.75 Å². The lowest BCUT2D eigenvalue weighted by molar-refractivity contribution is -0.131. The zero-order valence-corrected chi connectivity index (χ0v) is 16.1. The Balaban J connectivity index is 1.55. The van der Waals surface area contributed by atoms with Crippen molar-refractivity contribution in [2.24, 2.45) is 5.92 Å². The molecule has 0 spiro atoms. The smallest absolute Gasteiger partial charge is 0.233 e. The maximum Gasteiger partial charge on any atom is 0.233 e. The van der Waals surface area contributed by atoms with E-state index in [1.807, 2.05) is 0 Å². The van der Waals surface area contributed by atoms with E-state index in [9.17, 15) is 23.8 Å². The molecule has 6 heteroatoms. The molecule has 1 heterocycles. The quantitative estimate of drug-likeness (QED) is 0.570. The van der Waals surface area contributed by atoms with Crippen molar-refractivity contribution in [2.75, 3.05) is 4.90 Å². The Bertz CT molecular complexity index is 1020. The highest BCUT2D eigenvalue weighted by Gasteiger charge is 2.48. The average Bonchev–Trinajstić information content (AvgIpc) is 2.74. The highest BCUT2D eigenvalue weighted by atomic mass is 19.1. The lowest BCUT2D eigenvalue weighted by Gasteiger charge is -2.48. The number of aromatic hydroxyl groups is 1. The van der Waals surface area contributed by atoms with E-state index in [-0.39, 0.29) is 35.3 Å². The molecule has 30 heavy (non-hydrogen) atoms. The standard InChI is InChI=1S/C24H21F2NO3/c25-17-5-1-15(2-6-17)22(29)14-13-21-23(16-3-11-20(28)12-4-16)27(24(21)30)19-9-7-18(26)8-10-19/h1-12,21-23,28-29H,13-14H2/t21?,22?,23-/m1/s1. The largest absolute Gasteiger partial charge is 0.508 e. The topological polar surface area (TPSA) is 60.8 Å². The molecule has 0 aromatic heterocycles. The minimum atomic E-state index is -0.807. The molecule has 0 saturated carbocycles. The number of amides is 1. The van der Waals surface area contributed by atoms with E-state index in [0.717, 1.165) is 5.56 Å². The van der Waals surface area contributed by atoms with Crippen LogP contribution in [0.1, 0.15) is 36.1 Å². The van der Waals surface area contributed by atoms with Crippen LogP contribution in [0.4, 0.5) is 14.5 Å². The maximum atomic E-state index is 13.3. The SMILES string of the molecule is O=C1C(CCC(O)c2ccc(F)cc2)[C@@H](c2ccc(O)cc2)N1c1ccc(F)cc1. The van der Waals surface area contributed by atoms with E-state index >= 15 is 0 Å². The summed E-state index contributed by atoms with van der Waals surface area (Å²) < 4.78 is 26.4. The summed E-state index contributed by atoms with van der Waals surface area (Å²) in [4.78, 5) is 14.6. The number of aliphatic hydroxyl groups is 1. The molecule has 1 aliphatic heterocycles. The fraction of sp³-hybridized carbons (Fsp3) is 0.208. The number of halogens is 2. The summed E-state index contributed by atoms with van der Waals surface area (Å²) in [7, 11) is 0. The molecular formula is C24H21F2NO3. The molecule has 4 rings (SSSR count). The van der Waals surface area contributed by atoms with Crippen LogP contribution >= 0.6 is 0 Å². The average molecular weight is 409 g/mol. The minimum Gasteiger partial charge on any atom is -0.508 e. The van der Waals surface area contributed by atoms with Gasteiger partial charge < -0.3 is 15.1 Å². The van der Waals surface area contributed by atoms with E-state index < -0.39 is 6.10 Å². The van der Waals surface area contributed by atoms with Crippen LogP contribution in [-0.2, 0) is 4.79 Å². The molecule has 1 amide bonds. The fourth-order valence-corrected chi connectivity index (χ4v) is 3.96. The van der Waals surface area contributed by atoms with Gasteiger partial charge in [-0.25, -0.2) is 8.78 Å². The molecule has 2 unspecified atom stereocenters. The monoisotopic (exact) mass is 409 g/mol. The van der Waals surface area contributed by atoms with Gasteiger partial charge in [-0.2, -0.15) is 0 Å². The summed E-state index contributed by atoms with van der Waals surface area (Å²) in [5.74, 6) is -1.10. The normalized spacial score (nSPS) is 19.4. The van der Waals surface area contributed by atoms with Crippen molar-refractivity contribution in [3.63, 3.8) is 0 Å². The lowest BCUT2D eigenvalue weighted by atomic mass is 9.78. The number of rotatable bonds is 6. The predicted molar refractivity (Wildman–Crippen MR) is 109 cm³/mol. The van der Waals surface area contributed by atoms with Gasteiger partial charge in [-0.3, -0.25) is 4.79 Å². The second-order valence-electron chi connectivity index (χ2n) is 7.47. The Morgan fingerprint density at radius 1 is 0.867 bits per heavy atom. The molecule has 0 bridgehead atoms. The first-order valence-corrected chi connectivity index (χ1v) is 9.75. The summed E-state index contributed by atoms with van der Waals surface area (Å²) in [5.41, 5.74) is 2.03. The number of phenols is 1. The van der Waals surface area contributed by atoms with Crippen LogP contribution in [-0.4, -0.2) is 16.1 Å². The van der Waals surface area contributed by atoms with Gasteiger partial charge in [0.15, 0.2) is 0 Å². The second kappa shape index (κ2) is 8.24. The molecule has 0 aliphatic carbocycles. The Kier molecular flexibility index (Phi) is 5.50. The number of β-lactam (4-membered cyclic amide) rings is 1. The molecule has 1 saturated heterocycles. The number of benzene rings is 3. The predicted octanol–water partition coefficient (Wildman–Crippen LogP) is 4.89. The van der Waals surface area contributed by atoms with Crippen molar-refractivity contribution in [3.05, 3.63) is 95.6 Å². The third-order valence-electron chi connectivity index (χ3n) is 5.56. The van der Waals surface area contributed by atoms with Crippen LogP contribution in [0.3, 0.4) is 0 Å². The number of hydrogen-bond acceptors (Lipinski definition) is 3. The van der Waals surface area contributed by atoms with Gasteiger partial charge in [-0.15, -0.1) is 0 Å². The molecule has 1 aliphatic rings. The van der Waals surface area contributed by atoms with Crippen molar-refractivity contribution < 1.29 is 23.8 Å². The summed E-state index contributed by atoms with van der Waals surface area (Å²) in [6, 6.07) is 17.7. The third kappa shape index (κ3) is 3.91. The van der Waals surface area contributed by atoms with Gasteiger partial charge >= 0.3 is 0 Å². The van der Waals surface area contributed by atoms with Gasteiger partial charge in [0.1, 0.15) is 17.4 Å². The highest BCUT2D eigenvalue weighted by Crippen LogP contribution is 2.46. The zero-order valence-electron chi connectivity index (χ0n) is 16.1. The molecule has 3 aromatic rings. The number of anilines is 1. The van der Waals surface area contributed by atoms with Gasteiger partial charge in [0.2, 0.25) is 5.91 Å². The van der Waals surface area contributed by atoms with Crippen LogP contribution in [0.15, 0.2) is 72.8 Å². The van der Waals surface area contributed by atoms with E-state index in [2.05, 4.69) is 0 Å². The number of phenolic OH excluding ortho intramolecular Hbond substituents is 1. The van der Waals surface area contributed by atoms with Gasteiger partial charge in [-0.1, -0.05) is 24.3 Å². The van der Waals surface area contributed by atoms with Crippen molar-refractivity contribution in [1.82, 2.24) is 0 Å². The van der Waals surface area contributed by atoms with E-state index in [1.54, 1.807) is 41.3 Å². The molecule has 4 nitrogen and oxygen atoms in total. The van der Waals surface area contributed by atoms with Crippen molar-refractivity contribution in [1.29, 1.82) is 0 Å². The van der Waals surface area contributed by atoms with Crippen LogP contribution in [0.5, 0.6) is 5.75 Å². The van der Waals surface area contributed by atoms with Crippen LogP contribution in [0.2, 0.25) is 0 Å². The Hall–Kier alpha value is -3.25. The van der Waals surface area contributed by atoms with E-state index in [4.69, 9.17) is 0 Å². The Labute approximate surface area is 173 Å². The van der Waals surface area contributed by atoms with Crippen molar-refractivity contribution in [2.45, 2.75) is 25.0 Å². The summed E-state index contributed by atoms with van der Waals surface area (Å²) in [5, 5.41) is 20.1. The van der Waals surface area contributed by atoms with E-state index in [1.165, 1.54) is 36.4 Å². The van der Waals surface area contributed by atoms with Crippen LogP contribution < -0.4 is 4.90 Å². The molecule has 154 valence electrons. The molecule has 3 atom stereocenters. The first-order chi connectivity index (χ1) is 14.4. The first kappa shape index (κ1) is 20.0. The summed E-state index contributed by atoms with van der Waals surface area (Å²) in [6.07, 6.45) is -0.0344. The lowest BCUT2D eigenvalue weighted by Crippen LogP contribution is -2.55. The van der Waals surface area contributed by atoms with Gasteiger partial charge in [-0.05, 0) is 72.5 Å². The number of carbonyl (C=O) groups is 1. The molecule has 2 N–H and O–H groups in total. The zero-order chi connectivity index (χ0) is 21.3.